The van der Waals surface area contributed by atoms with Gasteiger partial charge in [0.2, 0.25) is 5.95 Å². The molecule has 6 heteroatoms. The van der Waals surface area contributed by atoms with Crippen molar-refractivity contribution in [3.8, 4) is 0 Å². The van der Waals surface area contributed by atoms with Gasteiger partial charge in [-0.25, -0.2) is 9.78 Å². The molecule has 0 fully saturated rings. The smallest absolute Gasteiger partial charge is 0.339 e. The number of carbonyl (C=O) groups is 1. The molecule has 6 nitrogen and oxygen atoms in total. The summed E-state index contributed by atoms with van der Waals surface area (Å²) in [6.07, 6.45) is 2.59. The number of nitrogens with one attached hydrogen (secondary N) is 2. The number of anilines is 4. The van der Waals surface area contributed by atoms with Crippen LogP contribution in [0.3, 0.4) is 0 Å². The van der Waals surface area contributed by atoms with Crippen molar-refractivity contribution in [1.29, 1.82) is 0 Å². The first-order valence-electron chi connectivity index (χ1n) is 8.75. The second kappa shape index (κ2) is 8.31. The van der Waals surface area contributed by atoms with Crippen molar-refractivity contribution in [3.05, 3.63) is 71.4 Å². The third kappa shape index (κ3) is 4.23. The van der Waals surface area contributed by atoms with Crippen LogP contribution in [0.5, 0.6) is 0 Å². The predicted molar refractivity (Wildman–Crippen MR) is 107 cm³/mol. The van der Waals surface area contributed by atoms with Gasteiger partial charge in [0.1, 0.15) is 5.82 Å². The number of methoxy groups -OCH3 is 1. The molecule has 0 aliphatic rings. The van der Waals surface area contributed by atoms with E-state index in [2.05, 4.69) is 52.6 Å². The number of aryl methyl sites for hydroxylation is 2. The lowest BCUT2D eigenvalue weighted by atomic mass is 10.1. The van der Waals surface area contributed by atoms with Gasteiger partial charge in [-0.2, -0.15) is 4.98 Å². The van der Waals surface area contributed by atoms with E-state index < -0.39 is 5.97 Å². The van der Waals surface area contributed by atoms with E-state index in [1.807, 2.05) is 12.1 Å². The van der Waals surface area contributed by atoms with Crippen LogP contribution in [0.25, 0.3) is 0 Å². The van der Waals surface area contributed by atoms with Crippen molar-refractivity contribution < 1.29 is 9.53 Å². The van der Waals surface area contributed by atoms with Crippen molar-refractivity contribution in [1.82, 2.24) is 9.97 Å². The van der Waals surface area contributed by atoms with Crippen LogP contribution >= 0.6 is 0 Å². The number of para-hydroxylation sites is 2. The third-order valence-electron chi connectivity index (χ3n) is 4.23. The Labute approximate surface area is 158 Å². The average Bonchev–Trinajstić information content (AvgIpc) is 2.69. The van der Waals surface area contributed by atoms with Gasteiger partial charge in [0, 0.05) is 11.9 Å². The first kappa shape index (κ1) is 18.4. The van der Waals surface area contributed by atoms with Crippen LogP contribution < -0.4 is 10.6 Å². The van der Waals surface area contributed by atoms with Gasteiger partial charge in [-0.15, -0.1) is 0 Å². The lowest BCUT2D eigenvalue weighted by Crippen LogP contribution is -2.07. The van der Waals surface area contributed by atoms with Gasteiger partial charge in [0.05, 0.1) is 18.4 Å². The Balaban J connectivity index is 1.87. The number of rotatable bonds is 6. The Morgan fingerprint density at radius 1 is 1.07 bits per heavy atom. The van der Waals surface area contributed by atoms with Crippen molar-refractivity contribution in [2.24, 2.45) is 0 Å². The van der Waals surface area contributed by atoms with Crippen molar-refractivity contribution >= 4 is 29.1 Å². The second-order valence-corrected chi connectivity index (χ2v) is 6.02. The Hall–Kier alpha value is -3.41. The molecule has 1 aromatic heterocycles. The molecule has 0 saturated heterocycles. The topological polar surface area (TPSA) is 76.1 Å². The molecule has 3 aromatic rings. The average molecular weight is 362 g/mol. The third-order valence-corrected chi connectivity index (χ3v) is 4.23. The number of benzene rings is 2. The second-order valence-electron chi connectivity index (χ2n) is 6.02. The molecule has 0 atom stereocenters. The van der Waals surface area contributed by atoms with Gasteiger partial charge in [0.25, 0.3) is 0 Å². The lowest BCUT2D eigenvalue weighted by Gasteiger charge is -2.14. The zero-order chi connectivity index (χ0) is 19.2. The maximum atomic E-state index is 11.9. The molecule has 0 radical (unpaired) electrons. The van der Waals surface area contributed by atoms with Gasteiger partial charge < -0.3 is 15.4 Å². The number of aromatic nitrogens is 2. The first-order chi connectivity index (χ1) is 13.1. The minimum Gasteiger partial charge on any atom is -0.465 e. The number of nitrogens with zero attached hydrogens (tertiary/aromatic N) is 2. The number of esters is 1. The van der Waals surface area contributed by atoms with E-state index in [9.17, 15) is 4.79 Å². The molecule has 0 aliphatic carbocycles. The quantitative estimate of drug-likeness (QED) is 0.623. The highest BCUT2D eigenvalue weighted by molar-refractivity contribution is 5.96. The van der Waals surface area contributed by atoms with Gasteiger partial charge in [-0.3, -0.25) is 0 Å². The molecule has 0 unspecified atom stereocenters. The summed E-state index contributed by atoms with van der Waals surface area (Å²) in [6, 6.07) is 15.1. The van der Waals surface area contributed by atoms with Crippen molar-refractivity contribution in [2.75, 3.05) is 17.7 Å². The Morgan fingerprint density at radius 2 is 1.89 bits per heavy atom. The van der Waals surface area contributed by atoms with E-state index in [4.69, 9.17) is 4.74 Å². The maximum Gasteiger partial charge on any atom is 0.339 e. The van der Waals surface area contributed by atoms with Crippen LogP contribution in [-0.4, -0.2) is 23.0 Å². The number of carbonyl (C=O) groups excluding carboxylic acids is 1. The van der Waals surface area contributed by atoms with E-state index >= 15 is 0 Å². The molecule has 2 aromatic carbocycles. The molecule has 138 valence electrons. The van der Waals surface area contributed by atoms with Crippen LogP contribution in [0, 0.1) is 6.92 Å². The zero-order valence-electron chi connectivity index (χ0n) is 15.6. The standard InChI is InChI=1S/C21H22N4O2/c1-4-15-9-7-8-14(2)19(15)24-18-12-13-22-21(25-18)23-17-11-6-5-10-16(17)20(26)27-3/h5-13H,4H2,1-3H3,(H2,22,23,24,25). The summed E-state index contributed by atoms with van der Waals surface area (Å²) in [5.74, 6) is 0.648. The molecule has 0 spiro atoms. The van der Waals surface area contributed by atoms with Crippen molar-refractivity contribution in [2.45, 2.75) is 20.3 Å². The molecule has 0 amide bonds. The van der Waals surface area contributed by atoms with E-state index in [-0.39, 0.29) is 0 Å². The molecule has 3 rings (SSSR count). The number of hydrogen-bond acceptors (Lipinski definition) is 6. The molecular weight excluding hydrogens is 340 g/mol. The Bertz CT molecular complexity index is 956. The Kier molecular flexibility index (Phi) is 5.66. The fraction of sp³-hybridized carbons (Fsp3) is 0.190. The molecule has 2 N–H and O–H groups in total. The summed E-state index contributed by atoms with van der Waals surface area (Å²) < 4.78 is 4.82. The lowest BCUT2D eigenvalue weighted by molar-refractivity contribution is 0.0602. The monoisotopic (exact) mass is 362 g/mol. The van der Waals surface area contributed by atoms with Crippen LogP contribution in [0.15, 0.2) is 54.7 Å². The fourth-order valence-electron chi connectivity index (χ4n) is 2.82. The minimum absolute atomic E-state index is 0.392. The Morgan fingerprint density at radius 3 is 2.67 bits per heavy atom. The van der Waals surface area contributed by atoms with Crippen LogP contribution in [0.1, 0.15) is 28.4 Å². The van der Waals surface area contributed by atoms with E-state index in [1.54, 1.807) is 24.4 Å². The van der Waals surface area contributed by atoms with Crippen LogP contribution in [-0.2, 0) is 11.2 Å². The van der Waals surface area contributed by atoms with E-state index in [0.29, 0.717) is 23.0 Å². The van der Waals surface area contributed by atoms with E-state index in [1.165, 1.54) is 12.7 Å². The van der Waals surface area contributed by atoms with Crippen LogP contribution in [0.2, 0.25) is 0 Å². The maximum absolute atomic E-state index is 11.9. The van der Waals surface area contributed by atoms with Gasteiger partial charge in [-0.05, 0) is 42.7 Å². The summed E-state index contributed by atoms with van der Waals surface area (Å²) in [6.45, 7) is 4.19. The molecule has 27 heavy (non-hydrogen) atoms. The number of hydrogen-bond donors (Lipinski definition) is 2. The molecule has 0 bridgehead atoms. The van der Waals surface area contributed by atoms with Gasteiger partial charge in [-0.1, -0.05) is 37.3 Å². The summed E-state index contributed by atoms with van der Waals surface area (Å²) in [5.41, 5.74) is 4.44. The zero-order valence-corrected chi connectivity index (χ0v) is 15.6. The summed E-state index contributed by atoms with van der Waals surface area (Å²) in [7, 11) is 1.35. The predicted octanol–water partition coefficient (Wildman–Crippen LogP) is 4.62. The highest BCUT2D eigenvalue weighted by Gasteiger charge is 2.12. The molecule has 0 aliphatic heterocycles. The van der Waals surface area contributed by atoms with Gasteiger partial charge >= 0.3 is 5.97 Å². The SMILES string of the molecule is CCc1cccc(C)c1Nc1ccnc(Nc2ccccc2C(=O)OC)n1. The largest absolute Gasteiger partial charge is 0.465 e. The number of ether oxygens (including phenoxy) is 1. The van der Waals surface area contributed by atoms with E-state index in [0.717, 1.165) is 17.7 Å². The minimum atomic E-state index is -0.417. The highest BCUT2D eigenvalue weighted by atomic mass is 16.5. The highest BCUT2D eigenvalue weighted by Crippen LogP contribution is 2.25. The summed E-state index contributed by atoms with van der Waals surface area (Å²) in [4.78, 5) is 20.7. The van der Waals surface area contributed by atoms with Gasteiger partial charge in [0.15, 0.2) is 0 Å². The normalized spacial score (nSPS) is 10.3. The molecule has 0 saturated carbocycles. The first-order valence-corrected chi connectivity index (χ1v) is 8.75. The summed E-state index contributed by atoms with van der Waals surface area (Å²) >= 11 is 0. The fourth-order valence-corrected chi connectivity index (χ4v) is 2.82. The van der Waals surface area contributed by atoms with Crippen LogP contribution in [0.4, 0.5) is 23.1 Å². The summed E-state index contributed by atoms with van der Waals surface area (Å²) in [5, 5.41) is 6.48. The molecular formula is C21H22N4O2. The van der Waals surface area contributed by atoms with Crippen molar-refractivity contribution in [3.63, 3.8) is 0 Å². The molecule has 1 heterocycles.